The molecule has 0 radical (unpaired) electrons. The molecule has 0 saturated carbocycles. The molecule has 0 aromatic heterocycles. The summed E-state index contributed by atoms with van der Waals surface area (Å²) in [6, 6.07) is 6.73. The van der Waals surface area contributed by atoms with Gasteiger partial charge in [-0.2, -0.15) is 0 Å². The molecule has 2 unspecified atom stereocenters. The van der Waals surface area contributed by atoms with E-state index in [0.717, 1.165) is 0 Å². The smallest absolute Gasteiger partial charge is 0.410 e. The molecule has 1 saturated heterocycles. The van der Waals surface area contributed by atoms with Gasteiger partial charge in [-0.3, -0.25) is 9.69 Å². The summed E-state index contributed by atoms with van der Waals surface area (Å²) >= 11 is 0. The zero-order chi connectivity index (χ0) is 17.9. The second-order valence-electron chi connectivity index (χ2n) is 6.91. The zero-order valence-electron chi connectivity index (χ0n) is 14.9. The molecule has 2 N–H and O–H groups in total. The molecule has 1 heterocycles. The van der Waals surface area contributed by atoms with Crippen molar-refractivity contribution >= 4 is 17.7 Å². The molecule has 1 aromatic rings. The van der Waals surface area contributed by atoms with Gasteiger partial charge in [-0.1, -0.05) is 13.8 Å². The maximum Gasteiger partial charge on any atom is 0.410 e. The van der Waals surface area contributed by atoms with E-state index in [9.17, 15) is 9.59 Å². The molecule has 0 spiro atoms. The van der Waals surface area contributed by atoms with Crippen LogP contribution in [0.15, 0.2) is 24.3 Å². The maximum atomic E-state index is 12.6. The van der Waals surface area contributed by atoms with Crippen LogP contribution in [0, 0.1) is 5.92 Å². The molecule has 6 nitrogen and oxygen atoms in total. The van der Waals surface area contributed by atoms with Crippen LogP contribution in [-0.2, 0) is 4.74 Å². The molecule has 1 fully saturated rings. The van der Waals surface area contributed by atoms with Gasteiger partial charge in [0.1, 0.15) is 0 Å². The van der Waals surface area contributed by atoms with Gasteiger partial charge in [0.25, 0.3) is 5.91 Å². The molecule has 0 bridgehead atoms. The molecular formula is C18H27N3O3. The number of amides is 2. The lowest BCUT2D eigenvalue weighted by Crippen LogP contribution is -2.60. The lowest BCUT2D eigenvalue weighted by Gasteiger charge is -2.43. The Morgan fingerprint density at radius 3 is 2.21 bits per heavy atom. The van der Waals surface area contributed by atoms with Gasteiger partial charge in [-0.25, -0.2) is 4.79 Å². The van der Waals surface area contributed by atoms with Crippen LogP contribution in [0.2, 0.25) is 0 Å². The first kappa shape index (κ1) is 18.1. The van der Waals surface area contributed by atoms with Crippen LogP contribution in [0.5, 0.6) is 0 Å². The highest BCUT2D eigenvalue weighted by atomic mass is 16.6. The second-order valence-corrected chi connectivity index (χ2v) is 6.91. The van der Waals surface area contributed by atoms with Gasteiger partial charge in [0.2, 0.25) is 0 Å². The Bertz CT molecular complexity index is 574. The number of ether oxygens (including phenoxy) is 1. The largest absolute Gasteiger partial charge is 0.449 e. The first-order valence-corrected chi connectivity index (χ1v) is 8.39. The minimum atomic E-state index is -0.303. The van der Waals surface area contributed by atoms with Crippen LogP contribution in [0.3, 0.4) is 0 Å². The van der Waals surface area contributed by atoms with Crippen molar-refractivity contribution in [2.24, 2.45) is 5.92 Å². The Morgan fingerprint density at radius 1 is 1.17 bits per heavy atom. The monoisotopic (exact) mass is 333 g/mol. The Morgan fingerprint density at radius 2 is 1.71 bits per heavy atom. The summed E-state index contributed by atoms with van der Waals surface area (Å²) in [5.74, 6) is 0.261. The van der Waals surface area contributed by atoms with E-state index in [1.54, 1.807) is 34.1 Å². The third kappa shape index (κ3) is 4.19. The standard InChI is InChI=1S/C18H27N3O3/c1-12(2)11-24-18(23)21-13(3)9-20(10-14(21)4)17(22)15-5-7-16(19)8-6-15/h5-8,12-14H,9-11,19H2,1-4H3. The summed E-state index contributed by atoms with van der Waals surface area (Å²) in [6.07, 6.45) is -0.303. The number of hydrogen-bond acceptors (Lipinski definition) is 4. The van der Waals surface area contributed by atoms with E-state index in [1.807, 2.05) is 27.7 Å². The molecule has 132 valence electrons. The zero-order valence-corrected chi connectivity index (χ0v) is 14.9. The maximum absolute atomic E-state index is 12.6. The van der Waals surface area contributed by atoms with Crippen molar-refractivity contribution in [1.82, 2.24) is 9.80 Å². The summed E-state index contributed by atoms with van der Waals surface area (Å²) in [5.41, 5.74) is 6.91. The number of piperazine rings is 1. The predicted molar refractivity (Wildman–Crippen MR) is 93.7 cm³/mol. The SMILES string of the molecule is CC(C)COC(=O)N1C(C)CN(C(=O)c2ccc(N)cc2)CC1C. The number of rotatable bonds is 3. The van der Waals surface area contributed by atoms with Crippen molar-refractivity contribution in [3.05, 3.63) is 29.8 Å². The van der Waals surface area contributed by atoms with E-state index in [1.165, 1.54) is 0 Å². The van der Waals surface area contributed by atoms with Gasteiger partial charge in [0.05, 0.1) is 18.7 Å². The van der Waals surface area contributed by atoms with Crippen molar-refractivity contribution in [2.75, 3.05) is 25.4 Å². The number of carbonyl (C=O) groups excluding carboxylic acids is 2. The third-order valence-electron chi connectivity index (χ3n) is 4.11. The molecule has 2 amide bonds. The van der Waals surface area contributed by atoms with Gasteiger partial charge in [-0.05, 0) is 44.0 Å². The second kappa shape index (κ2) is 7.55. The summed E-state index contributed by atoms with van der Waals surface area (Å²) in [6.45, 7) is 9.27. The number of nitrogens with zero attached hydrogens (tertiary/aromatic N) is 2. The van der Waals surface area contributed by atoms with Crippen molar-refractivity contribution in [3.63, 3.8) is 0 Å². The number of nitrogen functional groups attached to an aromatic ring is 1. The average molecular weight is 333 g/mol. The molecule has 1 aliphatic heterocycles. The fourth-order valence-corrected chi connectivity index (χ4v) is 2.97. The van der Waals surface area contributed by atoms with Crippen LogP contribution in [0.1, 0.15) is 38.1 Å². The van der Waals surface area contributed by atoms with Gasteiger partial charge in [0.15, 0.2) is 0 Å². The number of anilines is 1. The fraction of sp³-hybridized carbons (Fsp3) is 0.556. The van der Waals surface area contributed by atoms with Crippen molar-refractivity contribution < 1.29 is 14.3 Å². The van der Waals surface area contributed by atoms with Crippen LogP contribution >= 0.6 is 0 Å². The van der Waals surface area contributed by atoms with E-state index in [2.05, 4.69) is 0 Å². The number of benzene rings is 1. The fourth-order valence-electron chi connectivity index (χ4n) is 2.97. The number of hydrogen-bond donors (Lipinski definition) is 1. The van der Waals surface area contributed by atoms with Crippen LogP contribution in [0.25, 0.3) is 0 Å². The number of carbonyl (C=O) groups is 2. The molecule has 2 atom stereocenters. The first-order valence-electron chi connectivity index (χ1n) is 8.39. The van der Waals surface area contributed by atoms with Crippen molar-refractivity contribution in [1.29, 1.82) is 0 Å². The van der Waals surface area contributed by atoms with Crippen LogP contribution in [-0.4, -0.2) is 53.6 Å². The average Bonchev–Trinajstić information content (AvgIpc) is 2.52. The quantitative estimate of drug-likeness (QED) is 0.863. The Kier molecular flexibility index (Phi) is 5.70. The predicted octanol–water partition coefficient (Wildman–Crippen LogP) is 2.60. The minimum Gasteiger partial charge on any atom is -0.449 e. The molecule has 24 heavy (non-hydrogen) atoms. The number of nitrogens with two attached hydrogens (primary N) is 1. The molecule has 0 aliphatic carbocycles. The summed E-state index contributed by atoms with van der Waals surface area (Å²) in [7, 11) is 0. The normalized spacial score (nSPS) is 21.0. The van der Waals surface area contributed by atoms with Crippen LogP contribution < -0.4 is 5.73 Å². The Hall–Kier alpha value is -2.24. The minimum absolute atomic E-state index is 0.0381. The van der Waals surface area contributed by atoms with E-state index in [-0.39, 0.29) is 24.1 Å². The Labute approximate surface area is 143 Å². The van der Waals surface area contributed by atoms with Crippen molar-refractivity contribution in [2.45, 2.75) is 39.8 Å². The Balaban J connectivity index is 2.02. The highest BCUT2D eigenvalue weighted by Gasteiger charge is 2.35. The van der Waals surface area contributed by atoms with E-state index in [0.29, 0.717) is 36.9 Å². The molecule has 1 aromatic carbocycles. The third-order valence-corrected chi connectivity index (χ3v) is 4.11. The first-order chi connectivity index (χ1) is 11.3. The summed E-state index contributed by atoms with van der Waals surface area (Å²) in [4.78, 5) is 28.5. The van der Waals surface area contributed by atoms with Crippen LogP contribution in [0.4, 0.5) is 10.5 Å². The highest BCUT2D eigenvalue weighted by molar-refractivity contribution is 5.94. The summed E-state index contributed by atoms with van der Waals surface area (Å²) in [5, 5.41) is 0. The van der Waals surface area contributed by atoms with E-state index < -0.39 is 0 Å². The molecule has 1 aliphatic rings. The highest BCUT2D eigenvalue weighted by Crippen LogP contribution is 2.20. The molecular weight excluding hydrogens is 306 g/mol. The lowest BCUT2D eigenvalue weighted by molar-refractivity contribution is 0.0185. The van der Waals surface area contributed by atoms with Gasteiger partial charge in [-0.15, -0.1) is 0 Å². The van der Waals surface area contributed by atoms with E-state index >= 15 is 0 Å². The van der Waals surface area contributed by atoms with Crippen molar-refractivity contribution in [3.8, 4) is 0 Å². The van der Waals surface area contributed by atoms with E-state index in [4.69, 9.17) is 10.5 Å². The van der Waals surface area contributed by atoms with Gasteiger partial charge >= 0.3 is 6.09 Å². The molecule has 2 rings (SSSR count). The van der Waals surface area contributed by atoms with Gasteiger partial charge < -0.3 is 15.4 Å². The summed E-state index contributed by atoms with van der Waals surface area (Å²) < 4.78 is 5.35. The van der Waals surface area contributed by atoms with Gasteiger partial charge in [0, 0.05) is 24.3 Å². The lowest BCUT2D eigenvalue weighted by atomic mass is 10.1. The molecule has 6 heteroatoms. The topological polar surface area (TPSA) is 75.9 Å².